The zero-order valence-electron chi connectivity index (χ0n) is 7.21. The van der Waals surface area contributed by atoms with Crippen LogP contribution in [-0.4, -0.2) is 19.9 Å². The van der Waals surface area contributed by atoms with Gasteiger partial charge in [-0.3, -0.25) is 0 Å². The maximum atomic E-state index is 5.58. The molecule has 0 fully saturated rings. The fourth-order valence-electron chi connectivity index (χ4n) is 0.631. The molecular weight excluding hydrogens is 194 g/mol. The Morgan fingerprint density at radius 2 is 2.08 bits per heavy atom. The highest BCUT2D eigenvalue weighted by Gasteiger charge is 2.13. The predicted molar refractivity (Wildman–Crippen MR) is 50.4 cm³/mol. The lowest BCUT2D eigenvalue weighted by molar-refractivity contribution is 0.794. The standard InChI is InChI=1S/C7H10ClN3S/c1-7(2,3)12-5-4-9-11-6(8)10-5/h4H,1-3H3. The summed E-state index contributed by atoms with van der Waals surface area (Å²) in [5, 5.41) is 8.27. The molecule has 0 amide bonds. The van der Waals surface area contributed by atoms with Crippen molar-refractivity contribution in [2.75, 3.05) is 0 Å². The highest BCUT2D eigenvalue weighted by Crippen LogP contribution is 2.29. The number of nitrogens with zero attached hydrogens (tertiary/aromatic N) is 3. The third-order valence-corrected chi connectivity index (χ3v) is 2.10. The lowest BCUT2D eigenvalue weighted by Crippen LogP contribution is -2.07. The molecule has 0 atom stereocenters. The van der Waals surface area contributed by atoms with Gasteiger partial charge in [-0.25, -0.2) is 4.98 Å². The molecule has 0 unspecified atom stereocenters. The summed E-state index contributed by atoms with van der Waals surface area (Å²) in [6.45, 7) is 6.31. The second-order valence-corrected chi connectivity index (χ2v) is 5.46. The molecule has 1 aromatic rings. The first kappa shape index (κ1) is 9.74. The van der Waals surface area contributed by atoms with Crippen molar-refractivity contribution in [3.05, 3.63) is 11.5 Å². The van der Waals surface area contributed by atoms with Gasteiger partial charge in [0.15, 0.2) is 0 Å². The molecule has 0 aromatic carbocycles. The van der Waals surface area contributed by atoms with Gasteiger partial charge in [0.1, 0.15) is 5.03 Å². The second kappa shape index (κ2) is 3.58. The van der Waals surface area contributed by atoms with Gasteiger partial charge in [0, 0.05) is 4.75 Å². The zero-order chi connectivity index (χ0) is 9.19. The average molecular weight is 204 g/mol. The molecule has 0 spiro atoms. The van der Waals surface area contributed by atoms with Crippen LogP contribution in [0.1, 0.15) is 20.8 Å². The minimum absolute atomic E-state index is 0.124. The molecule has 1 heterocycles. The molecule has 0 aliphatic carbocycles. The third-order valence-electron chi connectivity index (χ3n) is 0.922. The Morgan fingerprint density at radius 1 is 1.42 bits per heavy atom. The van der Waals surface area contributed by atoms with E-state index in [0.717, 1.165) is 5.03 Å². The van der Waals surface area contributed by atoms with Crippen molar-refractivity contribution in [3.8, 4) is 0 Å². The lowest BCUT2D eigenvalue weighted by Gasteiger charge is -2.15. The Kier molecular flexibility index (Phi) is 2.90. The molecule has 1 aromatic heterocycles. The van der Waals surface area contributed by atoms with Crippen LogP contribution in [0.3, 0.4) is 0 Å². The first-order valence-corrected chi connectivity index (χ1v) is 4.71. The minimum Gasteiger partial charge on any atom is -0.208 e. The molecule has 0 bridgehead atoms. The van der Waals surface area contributed by atoms with E-state index in [1.165, 1.54) is 0 Å². The van der Waals surface area contributed by atoms with E-state index >= 15 is 0 Å². The monoisotopic (exact) mass is 203 g/mol. The van der Waals surface area contributed by atoms with E-state index in [4.69, 9.17) is 11.6 Å². The fraction of sp³-hybridized carbons (Fsp3) is 0.571. The lowest BCUT2D eigenvalue weighted by atomic mass is 10.3. The predicted octanol–water partition coefficient (Wildman–Crippen LogP) is 2.42. The van der Waals surface area contributed by atoms with Gasteiger partial charge in [0.05, 0.1) is 6.20 Å². The van der Waals surface area contributed by atoms with Gasteiger partial charge in [-0.15, -0.1) is 5.10 Å². The molecule has 66 valence electrons. The van der Waals surface area contributed by atoms with E-state index in [-0.39, 0.29) is 10.0 Å². The van der Waals surface area contributed by atoms with E-state index in [9.17, 15) is 0 Å². The summed E-state index contributed by atoms with van der Waals surface area (Å²) in [6, 6.07) is 0. The Bertz CT molecular complexity index is 272. The van der Waals surface area contributed by atoms with Crippen molar-refractivity contribution < 1.29 is 0 Å². The summed E-state index contributed by atoms with van der Waals surface area (Å²) in [4.78, 5) is 4.01. The average Bonchev–Trinajstić information content (AvgIpc) is 1.82. The van der Waals surface area contributed by atoms with Crippen LogP contribution in [0.15, 0.2) is 11.2 Å². The Balaban J connectivity index is 2.77. The van der Waals surface area contributed by atoms with Gasteiger partial charge in [0.25, 0.3) is 0 Å². The fourth-order valence-corrected chi connectivity index (χ4v) is 1.68. The molecule has 3 nitrogen and oxygen atoms in total. The third kappa shape index (κ3) is 3.36. The summed E-state index contributed by atoms with van der Waals surface area (Å²) in [7, 11) is 0. The van der Waals surface area contributed by atoms with Crippen LogP contribution in [0.4, 0.5) is 0 Å². The van der Waals surface area contributed by atoms with Gasteiger partial charge in [-0.2, -0.15) is 5.10 Å². The molecule has 1 rings (SSSR count). The highest BCUT2D eigenvalue weighted by molar-refractivity contribution is 8.00. The first-order valence-electron chi connectivity index (χ1n) is 3.51. The van der Waals surface area contributed by atoms with Crippen LogP contribution in [0, 0.1) is 0 Å². The summed E-state index contributed by atoms with van der Waals surface area (Å²) < 4.78 is 0.124. The quantitative estimate of drug-likeness (QED) is 0.658. The second-order valence-electron chi connectivity index (χ2n) is 3.28. The van der Waals surface area contributed by atoms with Crippen molar-refractivity contribution in [3.63, 3.8) is 0 Å². The van der Waals surface area contributed by atoms with E-state index in [2.05, 4.69) is 36.0 Å². The van der Waals surface area contributed by atoms with Crippen LogP contribution in [0.5, 0.6) is 0 Å². The van der Waals surface area contributed by atoms with Crippen LogP contribution in [0.2, 0.25) is 5.28 Å². The molecular formula is C7H10ClN3S. The smallest absolute Gasteiger partial charge is 0.208 e. The first-order chi connectivity index (χ1) is 5.47. The maximum Gasteiger partial charge on any atom is 0.244 e. The number of hydrogen-bond acceptors (Lipinski definition) is 4. The van der Waals surface area contributed by atoms with E-state index in [1.54, 1.807) is 18.0 Å². The molecule has 0 N–H and O–H groups in total. The number of rotatable bonds is 1. The minimum atomic E-state index is 0.124. The summed E-state index contributed by atoms with van der Waals surface area (Å²) in [5.41, 5.74) is 0. The molecule has 0 saturated carbocycles. The molecule has 0 aliphatic rings. The molecule has 5 heteroatoms. The number of halogens is 1. The van der Waals surface area contributed by atoms with Crippen molar-refractivity contribution in [1.82, 2.24) is 15.2 Å². The van der Waals surface area contributed by atoms with Crippen molar-refractivity contribution in [2.45, 2.75) is 30.5 Å². The SMILES string of the molecule is CC(C)(C)Sc1cnnc(Cl)n1. The van der Waals surface area contributed by atoms with Gasteiger partial charge in [-0.1, -0.05) is 32.5 Å². The van der Waals surface area contributed by atoms with Crippen molar-refractivity contribution in [2.24, 2.45) is 0 Å². The molecule has 0 saturated heterocycles. The Hall–Kier alpha value is -0.350. The zero-order valence-corrected chi connectivity index (χ0v) is 8.78. The van der Waals surface area contributed by atoms with Crippen molar-refractivity contribution >= 4 is 23.4 Å². The largest absolute Gasteiger partial charge is 0.244 e. The van der Waals surface area contributed by atoms with Crippen LogP contribution in [0.25, 0.3) is 0 Å². The normalized spacial score (nSPS) is 11.7. The Labute approximate surface area is 80.9 Å². The van der Waals surface area contributed by atoms with Gasteiger partial charge in [-0.05, 0) is 11.6 Å². The summed E-state index contributed by atoms with van der Waals surface area (Å²) in [6.07, 6.45) is 1.61. The van der Waals surface area contributed by atoms with Crippen LogP contribution in [-0.2, 0) is 0 Å². The van der Waals surface area contributed by atoms with E-state index in [0.29, 0.717) is 0 Å². The summed E-state index contributed by atoms with van der Waals surface area (Å²) in [5.74, 6) is 0. The van der Waals surface area contributed by atoms with Crippen LogP contribution < -0.4 is 0 Å². The Morgan fingerprint density at radius 3 is 2.58 bits per heavy atom. The van der Waals surface area contributed by atoms with Crippen molar-refractivity contribution in [1.29, 1.82) is 0 Å². The number of thioether (sulfide) groups is 1. The van der Waals surface area contributed by atoms with Gasteiger partial charge in [0.2, 0.25) is 5.28 Å². The summed E-state index contributed by atoms with van der Waals surface area (Å²) >= 11 is 7.19. The molecule has 12 heavy (non-hydrogen) atoms. The number of hydrogen-bond donors (Lipinski definition) is 0. The van der Waals surface area contributed by atoms with E-state index < -0.39 is 0 Å². The van der Waals surface area contributed by atoms with Gasteiger partial charge >= 0.3 is 0 Å². The highest BCUT2D eigenvalue weighted by atomic mass is 35.5. The number of aromatic nitrogens is 3. The maximum absolute atomic E-state index is 5.58. The van der Waals surface area contributed by atoms with Gasteiger partial charge < -0.3 is 0 Å². The molecule has 0 aliphatic heterocycles. The topological polar surface area (TPSA) is 38.7 Å². The molecule has 0 radical (unpaired) electrons. The van der Waals surface area contributed by atoms with Crippen LogP contribution >= 0.6 is 23.4 Å². The van der Waals surface area contributed by atoms with E-state index in [1.807, 2.05) is 0 Å².